The quantitative estimate of drug-likeness (QED) is 0.776. The highest BCUT2D eigenvalue weighted by molar-refractivity contribution is 5.86. The Morgan fingerprint density at radius 1 is 1.44 bits per heavy atom. The Morgan fingerprint density at radius 2 is 2.11 bits per heavy atom. The molecule has 0 amide bonds. The van der Waals surface area contributed by atoms with Crippen molar-refractivity contribution in [3.8, 4) is 0 Å². The van der Waals surface area contributed by atoms with Crippen LogP contribution in [0.1, 0.15) is 24.3 Å². The summed E-state index contributed by atoms with van der Waals surface area (Å²) in [6.45, 7) is 5.51. The molecule has 2 N–H and O–H groups in total. The van der Waals surface area contributed by atoms with Gasteiger partial charge in [0.1, 0.15) is 0 Å². The van der Waals surface area contributed by atoms with Gasteiger partial charge in [0.2, 0.25) is 0 Å². The fourth-order valence-electron chi connectivity index (χ4n) is 1.53. The summed E-state index contributed by atoms with van der Waals surface area (Å²) in [5.41, 5.74) is 5.89. The van der Waals surface area contributed by atoms with Crippen molar-refractivity contribution < 1.29 is 9.53 Å². The molecule has 1 heterocycles. The number of hydrogen-bond donors (Lipinski definition) is 1. The van der Waals surface area contributed by atoms with E-state index in [4.69, 9.17) is 5.73 Å². The zero-order valence-electron chi connectivity index (χ0n) is 11.3. The second-order valence-corrected chi connectivity index (χ2v) is 4.99. The minimum atomic E-state index is -0.487. The van der Waals surface area contributed by atoms with E-state index in [1.807, 2.05) is 11.9 Å². The van der Waals surface area contributed by atoms with Gasteiger partial charge in [0.05, 0.1) is 7.11 Å². The zero-order valence-corrected chi connectivity index (χ0v) is 11.3. The van der Waals surface area contributed by atoms with Crippen molar-refractivity contribution in [2.75, 3.05) is 32.1 Å². The molecule has 0 saturated carbocycles. The maximum absolute atomic E-state index is 11.2. The van der Waals surface area contributed by atoms with Crippen molar-refractivity contribution >= 4 is 11.8 Å². The second kappa shape index (κ2) is 5.77. The van der Waals surface area contributed by atoms with Crippen LogP contribution in [0.25, 0.3) is 0 Å². The molecule has 6 nitrogen and oxygen atoms in total. The van der Waals surface area contributed by atoms with Crippen LogP contribution in [-0.2, 0) is 4.74 Å². The number of nitrogens with zero attached hydrogens (tertiary/aromatic N) is 3. The lowest BCUT2D eigenvalue weighted by Gasteiger charge is -2.29. The van der Waals surface area contributed by atoms with Crippen molar-refractivity contribution in [1.82, 2.24) is 10.2 Å². The summed E-state index contributed by atoms with van der Waals surface area (Å²) < 4.78 is 4.56. The van der Waals surface area contributed by atoms with E-state index in [0.717, 1.165) is 6.54 Å². The Kier molecular flexibility index (Phi) is 4.61. The van der Waals surface area contributed by atoms with Crippen molar-refractivity contribution in [3.05, 3.63) is 17.8 Å². The molecule has 0 aliphatic carbocycles. The number of aromatic nitrogens is 2. The summed E-state index contributed by atoms with van der Waals surface area (Å²) in [5.74, 6) is 0.211. The first-order valence-electron chi connectivity index (χ1n) is 5.73. The topological polar surface area (TPSA) is 81.3 Å². The number of carbonyl (C=O) groups excluding carboxylic acids is 1. The molecule has 0 fully saturated rings. The average molecular weight is 252 g/mol. The van der Waals surface area contributed by atoms with Gasteiger partial charge in [-0.05, 0) is 24.1 Å². The van der Waals surface area contributed by atoms with Crippen LogP contribution in [0.15, 0.2) is 12.1 Å². The third-order valence-corrected chi connectivity index (χ3v) is 2.65. The van der Waals surface area contributed by atoms with Gasteiger partial charge in [-0.15, -0.1) is 10.2 Å². The van der Waals surface area contributed by atoms with E-state index in [9.17, 15) is 4.79 Å². The van der Waals surface area contributed by atoms with Gasteiger partial charge in [-0.2, -0.15) is 0 Å². The van der Waals surface area contributed by atoms with E-state index >= 15 is 0 Å². The summed E-state index contributed by atoms with van der Waals surface area (Å²) in [4.78, 5) is 13.2. The largest absolute Gasteiger partial charge is 0.464 e. The van der Waals surface area contributed by atoms with Crippen LogP contribution in [0.3, 0.4) is 0 Å². The molecule has 0 bridgehead atoms. The fourth-order valence-corrected chi connectivity index (χ4v) is 1.53. The van der Waals surface area contributed by atoms with E-state index in [-0.39, 0.29) is 11.1 Å². The van der Waals surface area contributed by atoms with Crippen molar-refractivity contribution in [3.63, 3.8) is 0 Å². The number of esters is 1. The Balaban J connectivity index is 2.76. The lowest BCUT2D eigenvalue weighted by atomic mass is 9.93. The Labute approximate surface area is 107 Å². The number of ether oxygens (including phenoxy) is 1. The molecule has 0 radical (unpaired) electrons. The first-order valence-corrected chi connectivity index (χ1v) is 5.73. The molecule has 100 valence electrons. The van der Waals surface area contributed by atoms with Crippen LogP contribution in [0.4, 0.5) is 5.82 Å². The van der Waals surface area contributed by atoms with Gasteiger partial charge in [0, 0.05) is 13.6 Å². The average Bonchev–Trinajstić information content (AvgIpc) is 2.37. The summed E-state index contributed by atoms with van der Waals surface area (Å²) in [6, 6.07) is 3.34. The van der Waals surface area contributed by atoms with Gasteiger partial charge < -0.3 is 15.4 Å². The van der Waals surface area contributed by atoms with Gasteiger partial charge in [0.15, 0.2) is 11.5 Å². The molecule has 0 aromatic carbocycles. The number of carbonyl (C=O) groups is 1. The van der Waals surface area contributed by atoms with Crippen LogP contribution in [0.5, 0.6) is 0 Å². The van der Waals surface area contributed by atoms with Crippen LogP contribution in [0, 0.1) is 5.41 Å². The second-order valence-electron chi connectivity index (χ2n) is 4.99. The first-order chi connectivity index (χ1) is 8.39. The summed E-state index contributed by atoms with van der Waals surface area (Å²) in [5, 5.41) is 7.83. The summed E-state index contributed by atoms with van der Waals surface area (Å²) in [6.07, 6.45) is 0. The van der Waals surface area contributed by atoms with Crippen LogP contribution < -0.4 is 10.6 Å². The number of rotatable bonds is 5. The van der Waals surface area contributed by atoms with E-state index in [2.05, 4.69) is 28.8 Å². The molecule has 0 unspecified atom stereocenters. The molecule has 0 aliphatic rings. The van der Waals surface area contributed by atoms with Crippen molar-refractivity contribution in [1.29, 1.82) is 0 Å². The monoisotopic (exact) mass is 252 g/mol. The lowest BCUT2D eigenvalue weighted by molar-refractivity contribution is 0.0592. The van der Waals surface area contributed by atoms with Crippen molar-refractivity contribution in [2.45, 2.75) is 13.8 Å². The Hall–Kier alpha value is -1.69. The third kappa shape index (κ3) is 3.66. The molecule has 1 aromatic rings. The molecule has 0 aliphatic heterocycles. The number of nitrogens with two attached hydrogens (primary N) is 1. The highest BCUT2D eigenvalue weighted by Gasteiger charge is 2.19. The van der Waals surface area contributed by atoms with Gasteiger partial charge in [-0.1, -0.05) is 13.8 Å². The smallest absolute Gasteiger partial charge is 0.358 e. The van der Waals surface area contributed by atoms with E-state index < -0.39 is 5.97 Å². The minimum absolute atomic E-state index is 0.00253. The number of anilines is 1. The normalized spacial score (nSPS) is 11.2. The Morgan fingerprint density at radius 3 is 2.56 bits per heavy atom. The molecule has 0 saturated heterocycles. The summed E-state index contributed by atoms with van der Waals surface area (Å²) >= 11 is 0. The van der Waals surface area contributed by atoms with E-state index in [1.165, 1.54) is 7.11 Å². The van der Waals surface area contributed by atoms with Gasteiger partial charge in [0.25, 0.3) is 0 Å². The molecule has 1 rings (SSSR count). The standard InChI is InChI=1S/C12H20N4O2/c1-12(2,7-13)8-16(3)10-6-5-9(14-15-10)11(17)18-4/h5-6H,7-8,13H2,1-4H3. The maximum Gasteiger partial charge on any atom is 0.358 e. The predicted molar refractivity (Wildman–Crippen MR) is 69.5 cm³/mol. The highest BCUT2D eigenvalue weighted by atomic mass is 16.5. The SMILES string of the molecule is COC(=O)c1ccc(N(C)CC(C)(C)CN)nn1. The molecule has 1 aromatic heterocycles. The molecule has 18 heavy (non-hydrogen) atoms. The van der Waals surface area contributed by atoms with Gasteiger partial charge >= 0.3 is 5.97 Å². The lowest BCUT2D eigenvalue weighted by Crippen LogP contribution is -2.37. The highest BCUT2D eigenvalue weighted by Crippen LogP contribution is 2.17. The Bertz CT molecular complexity index is 403. The van der Waals surface area contributed by atoms with Gasteiger partial charge in [-0.3, -0.25) is 0 Å². The molecule has 0 spiro atoms. The molecule has 6 heteroatoms. The molecule has 0 atom stereocenters. The van der Waals surface area contributed by atoms with Crippen LogP contribution in [-0.4, -0.2) is 43.4 Å². The van der Waals surface area contributed by atoms with Crippen molar-refractivity contribution in [2.24, 2.45) is 11.1 Å². The molecular formula is C12H20N4O2. The predicted octanol–water partition coefficient (Wildman–Crippen LogP) is 0.684. The first kappa shape index (κ1) is 14.4. The summed E-state index contributed by atoms with van der Waals surface area (Å²) in [7, 11) is 3.23. The molecular weight excluding hydrogens is 232 g/mol. The van der Waals surface area contributed by atoms with Crippen LogP contribution >= 0.6 is 0 Å². The van der Waals surface area contributed by atoms with E-state index in [0.29, 0.717) is 12.4 Å². The van der Waals surface area contributed by atoms with Crippen LogP contribution in [0.2, 0.25) is 0 Å². The minimum Gasteiger partial charge on any atom is -0.464 e. The van der Waals surface area contributed by atoms with E-state index in [1.54, 1.807) is 12.1 Å². The third-order valence-electron chi connectivity index (χ3n) is 2.65. The maximum atomic E-state index is 11.2. The number of hydrogen-bond acceptors (Lipinski definition) is 6. The fraction of sp³-hybridized carbons (Fsp3) is 0.583. The van der Waals surface area contributed by atoms with Gasteiger partial charge in [-0.25, -0.2) is 4.79 Å². The zero-order chi connectivity index (χ0) is 13.8. The number of methoxy groups -OCH3 is 1.